The van der Waals surface area contributed by atoms with Crippen LogP contribution in [0.25, 0.3) is 5.65 Å². The van der Waals surface area contributed by atoms with Crippen molar-refractivity contribution in [3.05, 3.63) is 71.9 Å². The van der Waals surface area contributed by atoms with E-state index in [4.69, 9.17) is 4.74 Å². The molecule has 1 aliphatic rings. The van der Waals surface area contributed by atoms with E-state index in [9.17, 15) is 13.2 Å². The molecule has 4 aromatic rings. The number of anilines is 1. The number of piperidine rings is 1. The van der Waals surface area contributed by atoms with Crippen molar-refractivity contribution in [1.82, 2.24) is 24.4 Å². The zero-order valence-corrected chi connectivity index (χ0v) is 18.7. The summed E-state index contributed by atoms with van der Waals surface area (Å²) in [6.45, 7) is 2.12. The van der Waals surface area contributed by atoms with E-state index >= 15 is 0 Å². The lowest BCUT2D eigenvalue weighted by atomic mass is 9.89. The predicted molar refractivity (Wildman–Crippen MR) is 121 cm³/mol. The Labute approximate surface area is 194 Å². The molecule has 7 nitrogen and oxygen atoms in total. The van der Waals surface area contributed by atoms with Crippen molar-refractivity contribution >= 4 is 11.3 Å². The standard InChI is InChI=1S/C24H25F3N6O/c1-31-19(8-12-28-31)11-15-34-21-5-2-17(3-6-21)18-9-13-32(14-10-18)20-4-7-22-29-30-23(24(25,26)27)33(22)16-20/h2-8,12,16,18H,9-11,13-15H2,1H3. The van der Waals surface area contributed by atoms with Crippen molar-refractivity contribution in [3.8, 4) is 5.75 Å². The van der Waals surface area contributed by atoms with Gasteiger partial charge in [0.05, 0.1) is 12.3 Å². The van der Waals surface area contributed by atoms with E-state index in [1.54, 1.807) is 12.3 Å². The van der Waals surface area contributed by atoms with Gasteiger partial charge in [-0.1, -0.05) is 12.1 Å². The van der Waals surface area contributed by atoms with Crippen molar-refractivity contribution in [3.63, 3.8) is 0 Å². The number of hydrogen-bond acceptors (Lipinski definition) is 5. The number of benzene rings is 1. The minimum atomic E-state index is -4.54. The van der Waals surface area contributed by atoms with E-state index in [-0.39, 0.29) is 5.65 Å². The first kappa shape index (κ1) is 22.2. The van der Waals surface area contributed by atoms with Gasteiger partial charge in [0.25, 0.3) is 0 Å². The van der Waals surface area contributed by atoms with Gasteiger partial charge in [-0.15, -0.1) is 10.2 Å². The molecule has 0 amide bonds. The van der Waals surface area contributed by atoms with Crippen molar-refractivity contribution < 1.29 is 17.9 Å². The van der Waals surface area contributed by atoms with E-state index in [0.29, 0.717) is 12.5 Å². The van der Waals surface area contributed by atoms with Crippen LogP contribution in [0.15, 0.2) is 54.9 Å². The minimum Gasteiger partial charge on any atom is -0.493 e. The molecule has 1 saturated heterocycles. The van der Waals surface area contributed by atoms with Crippen molar-refractivity contribution in [2.45, 2.75) is 31.4 Å². The first-order chi connectivity index (χ1) is 16.4. The van der Waals surface area contributed by atoms with Crippen LogP contribution in [0.5, 0.6) is 5.75 Å². The number of halogens is 3. The fourth-order valence-electron chi connectivity index (χ4n) is 4.49. The van der Waals surface area contributed by atoms with Gasteiger partial charge in [0.2, 0.25) is 5.82 Å². The zero-order chi connectivity index (χ0) is 23.7. The molecule has 0 aliphatic carbocycles. The maximum absolute atomic E-state index is 13.2. The molecule has 1 fully saturated rings. The third-order valence-corrected chi connectivity index (χ3v) is 6.40. The number of aryl methyl sites for hydroxylation is 1. The van der Waals surface area contributed by atoms with Crippen LogP contribution in [0.1, 0.15) is 35.8 Å². The summed E-state index contributed by atoms with van der Waals surface area (Å²) in [6.07, 6.45) is 1.36. The molecule has 1 aromatic carbocycles. The smallest absolute Gasteiger partial charge is 0.452 e. The van der Waals surface area contributed by atoms with Crippen LogP contribution in [0.4, 0.5) is 18.9 Å². The summed E-state index contributed by atoms with van der Waals surface area (Å²) in [4.78, 5) is 2.12. The monoisotopic (exact) mass is 470 g/mol. The summed E-state index contributed by atoms with van der Waals surface area (Å²) < 4.78 is 48.3. The molecule has 0 N–H and O–H groups in total. The van der Waals surface area contributed by atoms with Gasteiger partial charge in [-0.3, -0.25) is 9.08 Å². The van der Waals surface area contributed by atoms with Crippen LogP contribution in [-0.4, -0.2) is 44.1 Å². The van der Waals surface area contributed by atoms with Crippen molar-refractivity contribution in [1.29, 1.82) is 0 Å². The Bertz CT molecular complexity index is 1260. The third kappa shape index (κ3) is 4.57. The highest BCUT2D eigenvalue weighted by Crippen LogP contribution is 2.33. The fourth-order valence-corrected chi connectivity index (χ4v) is 4.49. The summed E-state index contributed by atoms with van der Waals surface area (Å²) in [5, 5.41) is 11.1. The van der Waals surface area contributed by atoms with Crippen LogP contribution in [-0.2, 0) is 19.6 Å². The Morgan fingerprint density at radius 3 is 2.44 bits per heavy atom. The number of hydrogen-bond donors (Lipinski definition) is 0. The lowest BCUT2D eigenvalue weighted by molar-refractivity contribution is -0.145. The number of aromatic nitrogens is 5. The Kier molecular flexibility index (Phi) is 5.89. The molecule has 5 rings (SSSR count). The molecule has 0 unspecified atom stereocenters. The van der Waals surface area contributed by atoms with E-state index in [1.165, 1.54) is 11.8 Å². The van der Waals surface area contributed by atoms with Gasteiger partial charge in [-0.25, -0.2) is 0 Å². The van der Waals surface area contributed by atoms with E-state index in [0.717, 1.165) is 53.9 Å². The molecule has 34 heavy (non-hydrogen) atoms. The summed E-state index contributed by atoms with van der Waals surface area (Å²) in [5.41, 5.74) is 3.32. The molecule has 0 atom stereocenters. The van der Waals surface area contributed by atoms with Crippen molar-refractivity contribution in [2.24, 2.45) is 7.05 Å². The molecule has 0 radical (unpaired) electrons. The fraction of sp³-hybridized carbons (Fsp3) is 0.375. The number of rotatable bonds is 6. The summed E-state index contributed by atoms with van der Waals surface area (Å²) in [5.74, 6) is 0.247. The molecular formula is C24H25F3N6O. The van der Waals surface area contributed by atoms with E-state index in [1.807, 2.05) is 36.0 Å². The van der Waals surface area contributed by atoms with Crippen molar-refractivity contribution in [2.75, 3.05) is 24.6 Å². The predicted octanol–water partition coefficient (Wildman–Crippen LogP) is 4.49. The van der Waals surface area contributed by atoms with E-state index < -0.39 is 12.0 Å². The van der Waals surface area contributed by atoms with Gasteiger partial charge in [0, 0.05) is 44.6 Å². The average molecular weight is 470 g/mol. The maximum atomic E-state index is 13.2. The molecular weight excluding hydrogens is 445 g/mol. The molecule has 3 aromatic heterocycles. The SMILES string of the molecule is Cn1nccc1CCOc1ccc(C2CCN(c3ccc4nnc(C(F)(F)F)n4c3)CC2)cc1. The first-order valence-electron chi connectivity index (χ1n) is 11.2. The number of ether oxygens (including phenoxy) is 1. The molecule has 1 aliphatic heterocycles. The number of fused-ring (bicyclic) bond motifs is 1. The lowest BCUT2D eigenvalue weighted by Gasteiger charge is -2.34. The first-order valence-corrected chi connectivity index (χ1v) is 11.2. The Hall–Kier alpha value is -3.56. The summed E-state index contributed by atoms with van der Waals surface area (Å²) in [6, 6.07) is 13.6. The summed E-state index contributed by atoms with van der Waals surface area (Å²) in [7, 11) is 1.92. The Morgan fingerprint density at radius 2 is 1.76 bits per heavy atom. The number of pyridine rings is 1. The molecule has 0 saturated carbocycles. The van der Waals surface area contributed by atoms with Gasteiger partial charge >= 0.3 is 6.18 Å². The van der Waals surface area contributed by atoms with Gasteiger partial charge in [-0.05, 0) is 54.7 Å². The average Bonchev–Trinajstić information content (AvgIpc) is 3.45. The minimum absolute atomic E-state index is 0.189. The number of alkyl halides is 3. The zero-order valence-electron chi connectivity index (χ0n) is 18.7. The van der Waals surface area contributed by atoms with Gasteiger partial charge < -0.3 is 9.64 Å². The lowest BCUT2D eigenvalue weighted by Crippen LogP contribution is -2.33. The Morgan fingerprint density at radius 1 is 1.00 bits per heavy atom. The topological polar surface area (TPSA) is 60.5 Å². The highest BCUT2D eigenvalue weighted by molar-refractivity contribution is 5.52. The second kappa shape index (κ2) is 9.00. The second-order valence-corrected chi connectivity index (χ2v) is 8.51. The van der Waals surface area contributed by atoms with Crippen LogP contribution in [0, 0.1) is 0 Å². The normalized spacial score (nSPS) is 15.2. The molecule has 10 heteroatoms. The second-order valence-electron chi connectivity index (χ2n) is 8.51. The molecule has 4 heterocycles. The molecule has 0 spiro atoms. The van der Waals surface area contributed by atoms with Crippen LogP contribution in [0.3, 0.4) is 0 Å². The largest absolute Gasteiger partial charge is 0.493 e. The maximum Gasteiger partial charge on any atom is 0.452 e. The van der Waals surface area contributed by atoms with Gasteiger partial charge in [0.15, 0.2) is 5.65 Å². The molecule has 178 valence electrons. The van der Waals surface area contributed by atoms with Gasteiger partial charge in [-0.2, -0.15) is 18.3 Å². The van der Waals surface area contributed by atoms with Crippen LogP contribution < -0.4 is 9.64 Å². The molecule has 0 bridgehead atoms. The van der Waals surface area contributed by atoms with Crippen LogP contribution in [0.2, 0.25) is 0 Å². The highest BCUT2D eigenvalue weighted by Gasteiger charge is 2.37. The summed E-state index contributed by atoms with van der Waals surface area (Å²) >= 11 is 0. The quantitative estimate of drug-likeness (QED) is 0.416. The van der Waals surface area contributed by atoms with Gasteiger partial charge in [0.1, 0.15) is 5.75 Å². The highest BCUT2D eigenvalue weighted by atomic mass is 19.4. The van der Waals surface area contributed by atoms with E-state index in [2.05, 4.69) is 32.3 Å². The third-order valence-electron chi connectivity index (χ3n) is 6.40. The number of nitrogens with zero attached hydrogens (tertiary/aromatic N) is 6. The van der Waals surface area contributed by atoms with Crippen LogP contribution >= 0.6 is 0 Å². The Balaban J connectivity index is 1.18.